The lowest BCUT2D eigenvalue weighted by Gasteiger charge is -2.26. The number of fused-ring (bicyclic) bond motifs is 1. The molecule has 0 aromatic heterocycles. The highest BCUT2D eigenvalue weighted by Crippen LogP contribution is 2.31. The predicted molar refractivity (Wildman–Crippen MR) is 102 cm³/mol. The summed E-state index contributed by atoms with van der Waals surface area (Å²) in [5.41, 5.74) is 9.06. The molecular formula is C19H21ClFN3O2. The number of anilines is 2. The van der Waals surface area contributed by atoms with E-state index in [1.54, 1.807) is 0 Å². The standard InChI is InChI=1S/C19H20FN3O2.ClH/c1-11(24)22-18-10-13(5-8-16(18)20)19(25)23-17-4-2-3-12-9-14(21)6-7-15(12)17;/h5-10,17H,2-4,21H2,1H3,(H,22,24)(H,23,25);1H. The van der Waals surface area contributed by atoms with Gasteiger partial charge in [-0.1, -0.05) is 6.07 Å². The number of carbonyl (C=O) groups excluding carboxylic acids is 2. The van der Waals surface area contributed by atoms with Gasteiger partial charge < -0.3 is 16.4 Å². The van der Waals surface area contributed by atoms with Gasteiger partial charge in [-0.2, -0.15) is 0 Å². The zero-order valence-corrected chi connectivity index (χ0v) is 15.2. The van der Waals surface area contributed by atoms with Crippen LogP contribution in [0.3, 0.4) is 0 Å². The number of aryl methyl sites for hydroxylation is 1. The molecule has 2 amide bonds. The van der Waals surface area contributed by atoms with Crippen LogP contribution in [0.4, 0.5) is 15.8 Å². The van der Waals surface area contributed by atoms with E-state index in [-0.39, 0.29) is 30.0 Å². The van der Waals surface area contributed by atoms with Gasteiger partial charge in [-0.05, 0) is 60.7 Å². The first-order chi connectivity index (χ1) is 11.9. The normalized spacial score (nSPS) is 15.4. The van der Waals surface area contributed by atoms with Gasteiger partial charge in [0, 0.05) is 18.2 Å². The SMILES string of the molecule is CC(=O)Nc1cc(C(=O)NC2CCCc3cc(N)ccc32)ccc1F.Cl. The van der Waals surface area contributed by atoms with Crippen LogP contribution >= 0.6 is 12.4 Å². The molecule has 0 radical (unpaired) electrons. The monoisotopic (exact) mass is 377 g/mol. The lowest BCUT2D eigenvalue weighted by atomic mass is 9.87. The summed E-state index contributed by atoms with van der Waals surface area (Å²) in [5, 5.41) is 5.38. The number of rotatable bonds is 3. The second kappa shape index (κ2) is 8.19. The third-order valence-corrected chi connectivity index (χ3v) is 4.33. The van der Waals surface area contributed by atoms with E-state index in [1.807, 2.05) is 18.2 Å². The summed E-state index contributed by atoms with van der Waals surface area (Å²) in [6.45, 7) is 1.29. The number of carbonyl (C=O) groups is 2. The van der Waals surface area contributed by atoms with Crippen molar-refractivity contribution in [3.05, 3.63) is 58.9 Å². The molecule has 7 heteroatoms. The number of nitrogens with two attached hydrogens (primary N) is 1. The number of halogens is 2. The third kappa shape index (κ3) is 4.32. The van der Waals surface area contributed by atoms with Crippen molar-refractivity contribution < 1.29 is 14.0 Å². The van der Waals surface area contributed by atoms with Crippen molar-refractivity contribution in [1.29, 1.82) is 0 Å². The second-order valence-corrected chi connectivity index (χ2v) is 6.25. The Morgan fingerprint density at radius 1 is 1.19 bits per heavy atom. The van der Waals surface area contributed by atoms with Crippen LogP contribution in [0.25, 0.3) is 0 Å². The number of amides is 2. The summed E-state index contributed by atoms with van der Waals surface area (Å²) < 4.78 is 13.7. The van der Waals surface area contributed by atoms with Gasteiger partial charge in [0.2, 0.25) is 5.91 Å². The molecule has 138 valence electrons. The maximum Gasteiger partial charge on any atom is 0.251 e. The molecule has 1 aliphatic rings. The molecule has 0 saturated carbocycles. The Morgan fingerprint density at radius 3 is 2.69 bits per heavy atom. The molecule has 0 saturated heterocycles. The first kappa shape index (κ1) is 19.7. The van der Waals surface area contributed by atoms with Gasteiger partial charge in [0.05, 0.1) is 11.7 Å². The molecule has 1 unspecified atom stereocenters. The molecule has 5 nitrogen and oxygen atoms in total. The van der Waals surface area contributed by atoms with Crippen molar-refractivity contribution in [3.8, 4) is 0 Å². The van der Waals surface area contributed by atoms with Crippen molar-refractivity contribution >= 4 is 35.6 Å². The van der Waals surface area contributed by atoms with E-state index in [0.717, 1.165) is 30.4 Å². The van der Waals surface area contributed by atoms with Crippen LogP contribution < -0.4 is 16.4 Å². The molecule has 2 aromatic rings. The zero-order chi connectivity index (χ0) is 18.0. The molecule has 2 aromatic carbocycles. The average molecular weight is 378 g/mol. The molecule has 0 aliphatic heterocycles. The lowest BCUT2D eigenvalue weighted by molar-refractivity contribution is -0.114. The summed E-state index contributed by atoms with van der Waals surface area (Å²) in [7, 11) is 0. The molecule has 0 fully saturated rings. The van der Waals surface area contributed by atoms with Crippen molar-refractivity contribution in [2.75, 3.05) is 11.1 Å². The molecule has 0 spiro atoms. The minimum Gasteiger partial charge on any atom is -0.399 e. The van der Waals surface area contributed by atoms with Gasteiger partial charge in [0.25, 0.3) is 5.91 Å². The molecule has 0 heterocycles. The van der Waals surface area contributed by atoms with Gasteiger partial charge in [0.15, 0.2) is 0 Å². The predicted octanol–water partition coefficient (Wildman–Crippen LogP) is 3.60. The van der Waals surface area contributed by atoms with Gasteiger partial charge in [-0.15, -0.1) is 12.4 Å². The lowest BCUT2D eigenvalue weighted by Crippen LogP contribution is -2.31. The van der Waals surface area contributed by atoms with E-state index in [2.05, 4.69) is 10.6 Å². The van der Waals surface area contributed by atoms with Crippen LogP contribution in [-0.2, 0) is 11.2 Å². The van der Waals surface area contributed by atoms with E-state index in [0.29, 0.717) is 11.3 Å². The van der Waals surface area contributed by atoms with E-state index >= 15 is 0 Å². The van der Waals surface area contributed by atoms with Crippen LogP contribution in [0, 0.1) is 5.82 Å². The van der Waals surface area contributed by atoms with Crippen LogP contribution in [-0.4, -0.2) is 11.8 Å². The average Bonchev–Trinajstić information content (AvgIpc) is 2.56. The fourth-order valence-electron chi connectivity index (χ4n) is 3.18. The van der Waals surface area contributed by atoms with Crippen LogP contribution in [0.1, 0.15) is 47.3 Å². The van der Waals surface area contributed by atoms with E-state index in [1.165, 1.54) is 25.1 Å². The van der Waals surface area contributed by atoms with Crippen molar-refractivity contribution in [2.24, 2.45) is 0 Å². The summed E-state index contributed by atoms with van der Waals surface area (Å²) in [4.78, 5) is 23.7. The Hall–Kier alpha value is -2.60. The van der Waals surface area contributed by atoms with Crippen LogP contribution in [0.2, 0.25) is 0 Å². The first-order valence-electron chi connectivity index (χ1n) is 8.20. The van der Waals surface area contributed by atoms with Gasteiger partial charge in [-0.3, -0.25) is 9.59 Å². The molecule has 26 heavy (non-hydrogen) atoms. The Kier molecular flexibility index (Phi) is 6.21. The van der Waals surface area contributed by atoms with Gasteiger partial charge in [-0.25, -0.2) is 4.39 Å². The number of hydrogen-bond acceptors (Lipinski definition) is 3. The maximum absolute atomic E-state index is 13.7. The highest BCUT2D eigenvalue weighted by molar-refractivity contribution is 5.97. The first-order valence-corrected chi connectivity index (χ1v) is 8.20. The smallest absolute Gasteiger partial charge is 0.251 e. The number of nitrogen functional groups attached to an aromatic ring is 1. The molecule has 1 aliphatic carbocycles. The molecular weight excluding hydrogens is 357 g/mol. The Balaban J connectivity index is 0.00000243. The Morgan fingerprint density at radius 2 is 1.96 bits per heavy atom. The maximum atomic E-state index is 13.7. The number of benzene rings is 2. The van der Waals surface area contributed by atoms with E-state index in [9.17, 15) is 14.0 Å². The second-order valence-electron chi connectivity index (χ2n) is 6.25. The summed E-state index contributed by atoms with van der Waals surface area (Å²) in [5.74, 6) is -1.28. The van der Waals surface area contributed by atoms with Crippen molar-refractivity contribution in [3.63, 3.8) is 0 Å². The van der Waals surface area contributed by atoms with Gasteiger partial charge >= 0.3 is 0 Å². The number of nitrogens with one attached hydrogen (secondary N) is 2. The van der Waals surface area contributed by atoms with Crippen molar-refractivity contribution in [1.82, 2.24) is 5.32 Å². The molecule has 4 N–H and O–H groups in total. The minimum atomic E-state index is -0.578. The zero-order valence-electron chi connectivity index (χ0n) is 14.3. The minimum absolute atomic E-state index is 0. The summed E-state index contributed by atoms with van der Waals surface area (Å²) >= 11 is 0. The topological polar surface area (TPSA) is 84.2 Å². The molecule has 1 atom stereocenters. The van der Waals surface area contributed by atoms with Gasteiger partial charge in [0.1, 0.15) is 5.82 Å². The van der Waals surface area contributed by atoms with E-state index in [4.69, 9.17) is 5.73 Å². The molecule has 0 bridgehead atoms. The molecule has 3 rings (SSSR count). The summed E-state index contributed by atoms with van der Waals surface area (Å²) in [6.07, 6.45) is 2.74. The number of hydrogen-bond donors (Lipinski definition) is 3. The van der Waals surface area contributed by atoms with E-state index < -0.39 is 11.7 Å². The third-order valence-electron chi connectivity index (χ3n) is 4.33. The van der Waals surface area contributed by atoms with Crippen molar-refractivity contribution in [2.45, 2.75) is 32.2 Å². The largest absolute Gasteiger partial charge is 0.399 e. The highest BCUT2D eigenvalue weighted by Gasteiger charge is 2.22. The quantitative estimate of drug-likeness (QED) is 0.714. The Labute approximate surface area is 157 Å². The summed E-state index contributed by atoms with van der Waals surface area (Å²) in [6, 6.07) is 9.54. The fraction of sp³-hybridized carbons (Fsp3) is 0.263. The van der Waals surface area contributed by atoms with Crippen LogP contribution in [0.15, 0.2) is 36.4 Å². The van der Waals surface area contributed by atoms with Crippen LogP contribution in [0.5, 0.6) is 0 Å². The fourth-order valence-corrected chi connectivity index (χ4v) is 3.18. The Bertz CT molecular complexity index is 842. The highest BCUT2D eigenvalue weighted by atomic mass is 35.5.